The number of carbonyl (C=O) groups excluding carboxylic acids is 1. The number of nitrogens with two attached hydrogens (primary N) is 1. The van der Waals surface area contributed by atoms with Crippen molar-refractivity contribution in [3.05, 3.63) is 36.7 Å². The van der Waals surface area contributed by atoms with Gasteiger partial charge in [0.15, 0.2) is 0 Å². The number of benzene rings is 1. The standard InChI is InChI=1S/C15H19N3O/c16-9-3-1-2-7-15(19)18-14-6-4-5-12-8-10-17-11-13(12)14/h4-6,8,10-11H,1-3,7,9,16H2,(H,18,19). The Balaban J connectivity index is 1.99. The highest BCUT2D eigenvalue weighted by atomic mass is 16.1. The third-order valence-corrected chi connectivity index (χ3v) is 3.07. The summed E-state index contributed by atoms with van der Waals surface area (Å²) in [5.41, 5.74) is 6.25. The van der Waals surface area contributed by atoms with E-state index in [9.17, 15) is 4.79 Å². The molecule has 2 rings (SSSR count). The van der Waals surface area contributed by atoms with E-state index in [1.807, 2.05) is 24.3 Å². The zero-order chi connectivity index (χ0) is 13.5. The van der Waals surface area contributed by atoms with Crippen molar-refractivity contribution >= 4 is 22.4 Å². The predicted octanol–water partition coefficient (Wildman–Crippen LogP) is 2.69. The van der Waals surface area contributed by atoms with Gasteiger partial charge in [0.2, 0.25) is 5.91 Å². The monoisotopic (exact) mass is 257 g/mol. The Bertz CT molecular complexity index is 549. The van der Waals surface area contributed by atoms with Crippen molar-refractivity contribution in [3.63, 3.8) is 0 Å². The summed E-state index contributed by atoms with van der Waals surface area (Å²) in [5, 5.41) is 5.00. The van der Waals surface area contributed by atoms with E-state index < -0.39 is 0 Å². The maximum Gasteiger partial charge on any atom is 0.224 e. The number of nitrogens with one attached hydrogen (secondary N) is 1. The van der Waals surface area contributed by atoms with Crippen LogP contribution in [0, 0.1) is 0 Å². The normalized spacial score (nSPS) is 10.6. The van der Waals surface area contributed by atoms with Crippen LogP contribution in [0.2, 0.25) is 0 Å². The Morgan fingerprint density at radius 1 is 1.21 bits per heavy atom. The maximum atomic E-state index is 11.9. The maximum absolute atomic E-state index is 11.9. The summed E-state index contributed by atoms with van der Waals surface area (Å²) in [4.78, 5) is 16.0. The largest absolute Gasteiger partial charge is 0.330 e. The number of hydrogen-bond acceptors (Lipinski definition) is 3. The molecule has 3 N–H and O–H groups in total. The Morgan fingerprint density at radius 2 is 2.11 bits per heavy atom. The molecule has 19 heavy (non-hydrogen) atoms. The number of nitrogens with zero attached hydrogens (tertiary/aromatic N) is 1. The van der Waals surface area contributed by atoms with Crippen molar-refractivity contribution in [2.75, 3.05) is 11.9 Å². The Kier molecular flexibility index (Phi) is 4.86. The van der Waals surface area contributed by atoms with Crippen molar-refractivity contribution in [1.29, 1.82) is 0 Å². The van der Waals surface area contributed by atoms with Crippen LogP contribution < -0.4 is 11.1 Å². The lowest BCUT2D eigenvalue weighted by Gasteiger charge is -2.08. The molecule has 0 bridgehead atoms. The Morgan fingerprint density at radius 3 is 2.95 bits per heavy atom. The van der Waals surface area contributed by atoms with Gasteiger partial charge in [-0.2, -0.15) is 0 Å². The van der Waals surface area contributed by atoms with Gasteiger partial charge in [0.25, 0.3) is 0 Å². The van der Waals surface area contributed by atoms with Gasteiger partial charge in [0.1, 0.15) is 0 Å². The molecule has 0 aliphatic rings. The van der Waals surface area contributed by atoms with Gasteiger partial charge in [-0.15, -0.1) is 0 Å². The summed E-state index contributed by atoms with van der Waals surface area (Å²) in [5.74, 6) is 0.0494. The van der Waals surface area contributed by atoms with Crippen molar-refractivity contribution in [2.24, 2.45) is 5.73 Å². The highest BCUT2D eigenvalue weighted by molar-refractivity contribution is 6.01. The highest BCUT2D eigenvalue weighted by Crippen LogP contribution is 2.22. The van der Waals surface area contributed by atoms with Crippen LogP contribution >= 0.6 is 0 Å². The molecule has 1 amide bonds. The van der Waals surface area contributed by atoms with Gasteiger partial charge in [-0.25, -0.2) is 0 Å². The molecule has 0 aliphatic heterocycles. The summed E-state index contributed by atoms with van der Waals surface area (Å²) in [6.45, 7) is 0.691. The number of anilines is 1. The third kappa shape index (κ3) is 3.76. The van der Waals surface area contributed by atoms with Crippen molar-refractivity contribution in [1.82, 2.24) is 4.98 Å². The second-order valence-electron chi connectivity index (χ2n) is 4.55. The highest BCUT2D eigenvalue weighted by Gasteiger charge is 2.05. The number of rotatable bonds is 6. The molecular formula is C15H19N3O. The van der Waals surface area contributed by atoms with Gasteiger partial charge in [0, 0.05) is 24.2 Å². The van der Waals surface area contributed by atoms with E-state index in [2.05, 4.69) is 10.3 Å². The Labute approximate surface area is 113 Å². The lowest BCUT2D eigenvalue weighted by Crippen LogP contribution is -2.11. The van der Waals surface area contributed by atoms with Crippen LogP contribution in [0.25, 0.3) is 10.8 Å². The van der Waals surface area contributed by atoms with Crippen molar-refractivity contribution in [3.8, 4) is 0 Å². The van der Waals surface area contributed by atoms with Gasteiger partial charge >= 0.3 is 0 Å². The van der Waals surface area contributed by atoms with Gasteiger partial charge in [-0.3, -0.25) is 9.78 Å². The number of hydrogen-bond donors (Lipinski definition) is 2. The minimum Gasteiger partial charge on any atom is -0.330 e. The molecule has 4 nitrogen and oxygen atoms in total. The smallest absolute Gasteiger partial charge is 0.224 e. The lowest BCUT2D eigenvalue weighted by molar-refractivity contribution is -0.116. The zero-order valence-electron chi connectivity index (χ0n) is 10.9. The molecule has 2 aromatic rings. The van der Waals surface area contributed by atoms with Crippen LogP contribution in [-0.2, 0) is 4.79 Å². The molecule has 4 heteroatoms. The molecular weight excluding hydrogens is 238 g/mol. The molecule has 0 saturated heterocycles. The SMILES string of the molecule is NCCCCCC(=O)Nc1cccc2ccncc12. The number of pyridine rings is 1. The number of unbranched alkanes of at least 4 members (excludes halogenated alkanes) is 2. The summed E-state index contributed by atoms with van der Waals surface area (Å²) < 4.78 is 0. The molecule has 1 heterocycles. The summed E-state index contributed by atoms with van der Waals surface area (Å²) in [6.07, 6.45) is 6.93. The van der Waals surface area contributed by atoms with Gasteiger partial charge in [-0.1, -0.05) is 18.6 Å². The van der Waals surface area contributed by atoms with E-state index >= 15 is 0 Å². The quantitative estimate of drug-likeness (QED) is 0.782. The third-order valence-electron chi connectivity index (χ3n) is 3.07. The van der Waals surface area contributed by atoms with E-state index in [1.165, 1.54) is 0 Å². The molecule has 0 aliphatic carbocycles. The van der Waals surface area contributed by atoms with Gasteiger partial charge in [-0.05, 0) is 36.9 Å². The zero-order valence-corrected chi connectivity index (χ0v) is 10.9. The molecule has 0 radical (unpaired) electrons. The van der Waals surface area contributed by atoms with Gasteiger partial charge < -0.3 is 11.1 Å². The second-order valence-corrected chi connectivity index (χ2v) is 4.55. The average molecular weight is 257 g/mol. The van der Waals surface area contributed by atoms with Crippen molar-refractivity contribution < 1.29 is 4.79 Å². The predicted molar refractivity (Wildman–Crippen MR) is 77.9 cm³/mol. The topological polar surface area (TPSA) is 68.0 Å². The first kappa shape index (κ1) is 13.5. The van der Waals surface area contributed by atoms with Crippen LogP contribution in [-0.4, -0.2) is 17.4 Å². The minimum absolute atomic E-state index is 0.0494. The summed E-state index contributed by atoms with van der Waals surface area (Å²) in [6, 6.07) is 7.79. The van der Waals surface area contributed by atoms with Crippen LogP contribution in [0.15, 0.2) is 36.7 Å². The number of fused-ring (bicyclic) bond motifs is 1. The second kappa shape index (κ2) is 6.85. The molecule has 1 aromatic heterocycles. The molecule has 0 saturated carbocycles. The number of amides is 1. The Hall–Kier alpha value is -1.94. The summed E-state index contributed by atoms with van der Waals surface area (Å²) in [7, 11) is 0. The molecule has 0 atom stereocenters. The molecule has 1 aromatic carbocycles. The number of carbonyl (C=O) groups is 1. The lowest BCUT2D eigenvalue weighted by atomic mass is 10.1. The molecule has 0 fully saturated rings. The fourth-order valence-electron chi connectivity index (χ4n) is 2.04. The van der Waals surface area contributed by atoms with Crippen LogP contribution in [0.1, 0.15) is 25.7 Å². The molecule has 0 spiro atoms. The first-order chi connectivity index (χ1) is 9.31. The van der Waals surface area contributed by atoms with Crippen LogP contribution in [0.4, 0.5) is 5.69 Å². The molecule has 100 valence electrons. The van der Waals surface area contributed by atoms with Crippen LogP contribution in [0.5, 0.6) is 0 Å². The number of aromatic nitrogens is 1. The van der Waals surface area contributed by atoms with E-state index in [0.29, 0.717) is 13.0 Å². The first-order valence-corrected chi connectivity index (χ1v) is 6.64. The van der Waals surface area contributed by atoms with Crippen LogP contribution in [0.3, 0.4) is 0 Å². The summed E-state index contributed by atoms with van der Waals surface area (Å²) >= 11 is 0. The average Bonchev–Trinajstić information content (AvgIpc) is 2.44. The van der Waals surface area contributed by atoms with E-state index in [1.54, 1.807) is 12.4 Å². The van der Waals surface area contributed by atoms with E-state index in [4.69, 9.17) is 5.73 Å². The van der Waals surface area contributed by atoms with Crippen molar-refractivity contribution in [2.45, 2.75) is 25.7 Å². The van der Waals surface area contributed by atoms with E-state index in [-0.39, 0.29) is 5.91 Å². The molecule has 0 unspecified atom stereocenters. The van der Waals surface area contributed by atoms with Gasteiger partial charge in [0.05, 0.1) is 5.69 Å². The van der Waals surface area contributed by atoms with E-state index in [0.717, 1.165) is 35.7 Å². The fraction of sp³-hybridized carbons (Fsp3) is 0.333. The minimum atomic E-state index is 0.0494. The first-order valence-electron chi connectivity index (χ1n) is 6.64. The fourth-order valence-corrected chi connectivity index (χ4v) is 2.04.